The molecule has 2 aliphatic rings. The first kappa shape index (κ1) is 15.0. The monoisotopic (exact) mass is 321 g/mol. The standard InChI is InChI=1S/C19H23N5/c1-13-17-7-4-12-24(16-5-2-3-6-16)18(17)23-19(21-13)22-15-10-8-14(20)9-11-15/h4,7-11,16H,2-3,5-6,12,20H2,1H3,(H,21,22,23). The molecule has 0 atom stereocenters. The minimum Gasteiger partial charge on any atom is -0.399 e. The predicted octanol–water partition coefficient (Wildman–Crippen LogP) is 3.89. The summed E-state index contributed by atoms with van der Waals surface area (Å²) in [5.41, 5.74) is 9.61. The largest absolute Gasteiger partial charge is 0.399 e. The maximum absolute atomic E-state index is 5.75. The number of aromatic nitrogens is 2. The van der Waals surface area contributed by atoms with E-state index in [4.69, 9.17) is 10.7 Å². The molecular weight excluding hydrogens is 298 g/mol. The summed E-state index contributed by atoms with van der Waals surface area (Å²) in [4.78, 5) is 11.9. The van der Waals surface area contributed by atoms with Crippen LogP contribution in [0.3, 0.4) is 0 Å². The third-order valence-corrected chi connectivity index (χ3v) is 4.91. The molecule has 1 aliphatic heterocycles. The molecule has 4 rings (SSSR count). The fourth-order valence-electron chi connectivity index (χ4n) is 3.64. The van der Waals surface area contributed by atoms with Crippen LogP contribution in [0.25, 0.3) is 6.08 Å². The normalized spacial score (nSPS) is 17.1. The summed E-state index contributed by atoms with van der Waals surface area (Å²) in [5.74, 6) is 1.71. The fraction of sp³-hybridized carbons (Fsp3) is 0.368. The summed E-state index contributed by atoms with van der Waals surface area (Å²) < 4.78 is 0. The lowest BCUT2D eigenvalue weighted by Gasteiger charge is -2.33. The number of aryl methyl sites for hydroxylation is 1. The number of nitrogens with zero attached hydrogens (tertiary/aromatic N) is 3. The number of nitrogen functional groups attached to an aromatic ring is 1. The van der Waals surface area contributed by atoms with Gasteiger partial charge in [0.05, 0.1) is 5.69 Å². The van der Waals surface area contributed by atoms with E-state index >= 15 is 0 Å². The Balaban J connectivity index is 1.67. The predicted molar refractivity (Wildman–Crippen MR) is 99.5 cm³/mol. The molecule has 1 fully saturated rings. The van der Waals surface area contributed by atoms with E-state index < -0.39 is 0 Å². The maximum atomic E-state index is 5.75. The van der Waals surface area contributed by atoms with Crippen LogP contribution in [-0.4, -0.2) is 22.6 Å². The van der Waals surface area contributed by atoms with Gasteiger partial charge in [-0.2, -0.15) is 4.98 Å². The average Bonchev–Trinajstić information content (AvgIpc) is 3.11. The van der Waals surface area contributed by atoms with Crippen LogP contribution in [0.1, 0.15) is 36.9 Å². The summed E-state index contributed by atoms with van der Waals surface area (Å²) in [6.45, 7) is 2.99. The highest BCUT2D eigenvalue weighted by Crippen LogP contribution is 2.34. The molecule has 2 heterocycles. The van der Waals surface area contributed by atoms with E-state index in [1.54, 1.807) is 0 Å². The van der Waals surface area contributed by atoms with Crippen LogP contribution in [0.4, 0.5) is 23.1 Å². The molecule has 1 saturated carbocycles. The van der Waals surface area contributed by atoms with Crippen molar-refractivity contribution >= 4 is 29.2 Å². The third kappa shape index (κ3) is 2.82. The van der Waals surface area contributed by atoms with Crippen molar-refractivity contribution in [3.63, 3.8) is 0 Å². The van der Waals surface area contributed by atoms with Gasteiger partial charge in [-0.15, -0.1) is 0 Å². The molecule has 124 valence electrons. The quantitative estimate of drug-likeness (QED) is 0.840. The summed E-state index contributed by atoms with van der Waals surface area (Å²) in [6, 6.07) is 8.25. The molecule has 1 aliphatic carbocycles. The number of benzene rings is 1. The van der Waals surface area contributed by atoms with Crippen molar-refractivity contribution in [2.75, 3.05) is 22.5 Å². The van der Waals surface area contributed by atoms with Crippen LogP contribution in [0.5, 0.6) is 0 Å². The summed E-state index contributed by atoms with van der Waals surface area (Å²) in [5, 5.41) is 3.30. The van der Waals surface area contributed by atoms with Crippen molar-refractivity contribution in [1.29, 1.82) is 0 Å². The van der Waals surface area contributed by atoms with Crippen LogP contribution in [0, 0.1) is 6.92 Å². The molecule has 0 unspecified atom stereocenters. The lowest BCUT2D eigenvalue weighted by molar-refractivity contribution is 0.622. The number of anilines is 4. The Hall–Kier alpha value is -2.56. The summed E-state index contributed by atoms with van der Waals surface area (Å²) in [7, 11) is 0. The van der Waals surface area contributed by atoms with Gasteiger partial charge < -0.3 is 16.0 Å². The fourth-order valence-corrected chi connectivity index (χ4v) is 3.64. The number of hydrogen-bond acceptors (Lipinski definition) is 5. The second-order valence-corrected chi connectivity index (χ2v) is 6.61. The Kier molecular flexibility index (Phi) is 3.84. The molecule has 0 bridgehead atoms. The van der Waals surface area contributed by atoms with Crippen molar-refractivity contribution in [1.82, 2.24) is 9.97 Å². The van der Waals surface area contributed by atoms with Crippen LogP contribution < -0.4 is 16.0 Å². The Morgan fingerprint density at radius 1 is 1.12 bits per heavy atom. The second kappa shape index (κ2) is 6.15. The van der Waals surface area contributed by atoms with Crippen molar-refractivity contribution in [3.8, 4) is 0 Å². The highest BCUT2D eigenvalue weighted by atomic mass is 15.3. The van der Waals surface area contributed by atoms with Gasteiger partial charge in [0.2, 0.25) is 5.95 Å². The topological polar surface area (TPSA) is 67.1 Å². The smallest absolute Gasteiger partial charge is 0.229 e. The Labute approximate surface area is 142 Å². The van der Waals surface area contributed by atoms with Crippen LogP contribution in [0.2, 0.25) is 0 Å². The SMILES string of the molecule is Cc1nc(Nc2ccc(N)cc2)nc2c1C=CCN2C1CCCC1. The zero-order chi connectivity index (χ0) is 16.5. The lowest BCUT2D eigenvalue weighted by atomic mass is 10.1. The van der Waals surface area contributed by atoms with E-state index in [-0.39, 0.29) is 0 Å². The molecule has 1 aromatic carbocycles. The van der Waals surface area contributed by atoms with E-state index in [1.165, 1.54) is 25.7 Å². The number of nitrogens with one attached hydrogen (secondary N) is 1. The van der Waals surface area contributed by atoms with Gasteiger partial charge >= 0.3 is 0 Å². The minimum atomic E-state index is 0.604. The molecule has 0 spiro atoms. The molecular formula is C19H23N5. The molecule has 1 aromatic heterocycles. The van der Waals surface area contributed by atoms with Gasteiger partial charge in [0.15, 0.2) is 0 Å². The van der Waals surface area contributed by atoms with E-state index in [0.717, 1.165) is 35.0 Å². The van der Waals surface area contributed by atoms with E-state index in [2.05, 4.69) is 34.3 Å². The van der Waals surface area contributed by atoms with Gasteiger partial charge in [-0.25, -0.2) is 4.98 Å². The van der Waals surface area contributed by atoms with Gasteiger partial charge in [0, 0.05) is 29.5 Å². The molecule has 5 nitrogen and oxygen atoms in total. The van der Waals surface area contributed by atoms with Gasteiger partial charge in [-0.3, -0.25) is 0 Å². The van der Waals surface area contributed by atoms with Crippen LogP contribution in [-0.2, 0) is 0 Å². The minimum absolute atomic E-state index is 0.604. The van der Waals surface area contributed by atoms with Crippen molar-refractivity contribution in [3.05, 3.63) is 41.6 Å². The Bertz CT molecular complexity index is 760. The molecule has 2 aromatic rings. The first-order valence-electron chi connectivity index (χ1n) is 8.65. The number of hydrogen-bond donors (Lipinski definition) is 2. The molecule has 5 heteroatoms. The summed E-state index contributed by atoms with van der Waals surface area (Å²) in [6.07, 6.45) is 9.54. The zero-order valence-corrected chi connectivity index (χ0v) is 14.0. The molecule has 0 saturated heterocycles. The van der Waals surface area contributed by atoms with Crippen LogP contribution in [0.15, 0.2) is 30.3 Å². The number of nitrogens with two attached hydrogens (primary N) is 1. The molecule has 24 heavy (non-hydrogen) atoms. The van der Waals surface area contributed by atoms with Gasteiger partial charge in [0.25, 0.3) is 0 Å². The zero-order valence-electron chi connectivity index (χ0n) is 14.0. The Morgan fingerprint density at radius 3 is 2.62 bits per heavy atom. The highest BCUT2D eigenvalue weighted by molar-refractivity contribution is 5.72. The van der Waals surface area contributed by atoms with Crippen molar-refractivity contribution < 1.29 is 0 Å². The Morgan fingerprint density at radius 2 is 1.88 bits per heavy atom. The van der Waals surface area contributed by atoms with Gasteiger partial charge in [-0.1, -0.05) is 25.0 Å². The van der Waals surface area contributed by atoms with Crippen molar-refractivity contribution in [2.45, 2.75) is 38.6 Å². The maximum Gasteiger partial charge on any atom is 0.229 e. The first-order chi connectivity index (χ1) is 11.7. The second-order valence-electron chi connectivity index (χ2n) is 6.61. The van der Waals surface area contributed by atoms with E-state index in [0.29, 0.717) is 12.0 Å². The molecule has 0 radical (unpaired) electrons. The molecule has 3 N–H and O–H groups in total. The average molecular weight is 321 g/mol. The number of fused-ring (bicyclic) bond motifs is 1. The van der Waals surface area contributed by atoms with Crippen molar-refractivity contribution in [2.24, 2.45) is 0 Å². The number of rotatable bonds is 3. The lowest BCUT2D eigenvalue weighted by Crippen LogP contribution is -2.36. The van der Waals surface area contributed by atoms with E-state index in [9.17, 15) is 0 Å². The third-order valence-electron chi connectivity index (χ3n) is 4.91. The van der Waals surface area contributed by atoms with E-state index in [1.807, 2.05) is 24.3 Å². The van der Waals surface area contributed by atoms with Gasteiger partial charge in [-0.05, 0) is 44.0 Å². The molecule has 0 amide bonds. The van der Waals surface area contributed by atoms with Crippen LogP contribution >= 0.6 is 0 Å². The first-order valence-corrected chi connectivity index (χ1v) is 8.65. The summed E-state index contributed by atoms with van der Waals surface area (Å²) >= 11 is 0. The van der Waals surface area contributed by atoms with Gasteiger partial charge in [0.1, 0.15) is 5.82 Å². The highest BCUT2D eigenvalue weighted by Gasteiger charge is 2.27.